The van der Waals surface area contributed by atoms with Crippen molar-refractivity contribution < 1.29 is 30.6 Å². The molecular formula is C5H11NOSc-2. The Kier molecular flexibility index (Phi) is 20.4. The summed E-state index contributed by atoms with van der Waals surface area (Å²) >= 11 is 0. The summed E-state index contributed by atoms with van der Waals surface area (Å²) in [5.41, 5.74) is 0. The Hall–Kier alpha value is 0.370. The van der Waals surface area contributed by atoms with Crippen LogP contribution >= 0.6 is 0 Å². The number of Topliss-reactive ketones (excluding diaryl/α,β-unsaturated/α-hetero) is 1. The molecule has 0 aliphatic carbocycles. The zero-order valence-electron chi connectivity index (χ0n) is 5.56. The van der Waals surface area contributed by atoms with Crippen LogP contribution in [0.3, 0.4) is 0 Å². The Labute approximate surface area is 69.8 Å². The van der Waals surface area contributed by atoms with Crippen LogP contribution in [0.2, 0.25) is 0 Å². The fraction of sp³-hybridized carbons (Fsp3) is 0.400. The molecule has 0 aliphatic rings. The normalized spacial score (nSPS) is 5.75. The minimum absolute atomic E-state index is 0. The van der Waals surface area contributed by atoms with E-state index in [0.29, 0.717) is 0 Å². The van der Waals surface area contributed by atoms with E-state index in [9.17, 15) is 4.79 Å². The Bertz CT molecular complexity index is 56.4. The van der Waals surface area contributed by atoms with E-state index in [4.69, 9.17) is 0 Å². The molecule has 0 aliphatic heterocycles. The monoisotopic (exact) mass is 146 g/mol. The third-order valence-corrected chi connectivity index (χ3v) is 0.348. The molecule has 0 fully saturated rings. The molecule has 47 valence electrons. The van der Waals surface area contributed by atoms with Gasteiger partial charge in [-0.15, -0.1) is 0 Å². The molecule has 0 aromatic heterocycles. The van der Waals surface area contributed by atoms with Crippen molar-refractivity contribution in [1.82, 2.24) is 5.32 Å². The van der Waals surface area contributed by atoms with Crippen LogP contribution in [0.5, 0.6) is 0 Å². The maximum absolute atomic E-state index is 9.93. The van der Waals surface area contributed by atoms with Gasteiger partial charge in [0, 0.05) is 31.6 Å². The van der Waals surface area contributed by atoms with Gasteiger partial charge in [0.2, 0.25) is 0 Å². The molecule has 0 aromatic carbocycles. The Morgan fingerprint density at radius 3 is 2.00 bits per heavy atom. The van der Waals surface area contributed by atoms with Gasteiger partial charge in [-0.2, -0.15) is 0 Å². The van der Waals surface area contributed by atoms with E-state index >= 15 is 0 Å². The van der Waals surface area contributed by atoms with Gasteiger partial charge in [0.1, 0.15) is 0 Å². The van der Waals surface area contributed by atoms with Gasteiger partial charge in [0.25, 0.3) is 0 Å². The summed E-state index contributed by atoms with van der Waals surface area (Å²) in [5.74, 6) is 0.0532. The van der Waals surface area contributed by atoms with Gasteiger partial charge in [0.05, 0.1) is 0 Å². The number of carbonyl (C=O) groups excluding carboxylic acids is 1. The van der Waals surface area contributed by atoms with E-state index in [1.54, 1.807) is 7.05 Å². The maximum atomic E-state index is 9.93. The molecular weight excluding hydrogens is 135 g/mol. The summed E-state index contributed by atoms with van der Waals surface area (Å²) in [5, 5.41) is 2.59. The molecule has 0 unspecified atom stereocenters. The molecule has 3 heteroatoms. The zero-order valence-corrected chi connectivity index (χ0v) is 7.37. The van der Waals surface area contributed by atoms with Gasteiger partial charge in [-0.3, -0.25) is 6.54 Å². The number of likely N-dealkylation sites (N-methyl/N-ethyl adjacent to an activating group) is 1. The molecule has 1 N–H and O–H groups in total. The number of ketones is 1. The minimum Gasteiger partial charge on any atom is -0.450 e. The van der Waals surface area contributed by atoms with Crippen molar-refractivity contribution in [2.45, 2.75) is 6.92 Å². The van der Waals surface area contributed by atoms with Crippen LogP contribution in [-0.2, 0) is 30.6 Å². The Morgan fingerprint density at radius 1 is 1.62 bits per heavy atom. The third-order valence-electron chi connectivity index (χ3n) is 0.348. The first-order chi connectivity index (χ1) is 2.77. The number of hydrogen-bond acceptors (Lipinski definition) is 2. The molecule has 1 radical (unpaired) electrons. The first-order valence-electron chi connectivity index (χ1n) is 1.78. The number of nitrogens with one attached hydrogen (secondary N) is 1. The topological polar surface area (TPSA) is 29.1 Å². The second-order valence-corrected chi connectivity index (χ2v) is 1.04. The van der Waals surface area contributed by atoms with E-state index in [1.807, 2.05) is 0 Å². The van der Waals surface area contributed by atoms with Gasteiger partial charge >= 0.3 is 0 Å². The summed E-state index contributed by atoms with van der Waals surface area (Å²) in [6.07, 6.45) is 0. The second kappa shape index (κ2) is 10.4. The van der Waals surface area contributed by atoms with Crippen LogP contribution in [0.15, 0.2) is 0 Å². The van der Waals surface area contributed by atoms with Gasteiger partial charge < -0.3 is 17.5 Å². The molecule has 0 spiro atoms. The fourth-order valence-corrected chi connectivity index (χ4v) is 0.203. The van der Waals surface area contributed by atoms with Crippen molar-refractivity contribution in [3.05, 3.63) is 14.0 Å². The van der Waals surface area contributed by atoms with Crippen molar-refractivity contribution in [1.29, 1.82) is 0 Å². The van der Waals surface area contributed by atoms with Crippen molar-refractivity contribution >= 4 is 5.78 Å². The van der Waals surface area contributed by atoms with Crippen molar-refractivity contribution in [3.63, 3.8) is 0 Å². The maximum Gasteiger partial charge on any atom is 0.00841 e. The summed E-state index contributed by atoms with van der Waals surface area (Å²) in [4.78, 5) is 9.93. The predicted molar refractivity (Wildman–Crippen MR) is 30.5 cm³/mol. The molecule has 0 bridgehead atoms. The van der Waals surface area contributed by atoms with Gasteiger partial charge in [-0.1, -0.05) is 0 Å². The standard InChI is InChI=1S/C4H8NO.CH3.Sc/c1-4(6)3-5-2;;/h3,5H,1-2H3;1H3;/q2*-1;. The summed E-state index contributed by atoms with van der Waals surface area (Å²) in [6, 6.07) is 0. The summed E-state index contributed by atoms with van der Waals surface area (Å²) in [7, 11) is 1.70. The van der Waals surface area contributed by atoms with Crippen molar-refractivity contribution in [2.24, 2.45) is 0 Å². The minimum atomic E-state index is 0. The number of carbonyl (C=O) groups is 1. The third kappa shape index (κ3) is 16.2. The quantitative estimate of drug-likeness (QED) is 0.571. The Morgan fingerprint density at radius 2 is 2.00 bits per heavy atom. The number of hydrogen-bond donors (Lipinski definition) is 1. The van der Waals surface area contributed by atoms with E-state index in [0.717, 1.165) is 0 Å². The first-order valence-corrected chi connectivity index (χ1v) is 1.78. The average molecular weight is 146 g/mol. The molecule has 0 aromatic rings. The predicted octanol–water partition coefficient (Wildman–Crippen LogP) is 0.404. The van der Waals surface area contributed by atoms with Gasteiger partial charge in [-0.25, -0.2) is 0 Å². The molecule has 0 saturated heterocycles. The van der Waals surface area contributed by atoms with Crippen molar-refractivity contribution in [2.75, 3.05) is 7.05 Å². The van der Waals surface area contributed by atoms with Crippen molar-refractivity contribution in [3.8, 4) is 0 Å². The second-order valence-electron chi connectivity index (χ2n) is 1.04. The molecule has 0 atom stereocenters. The molecule has 0 saturated carbocycles. The van der Waals surface area contributed by atoms with E-state index in [1.165, 1.54) is 13.5 Å². The summed E-state index contributed by atoms with van der Waals surface area (Å²) in [6.45, 7) is 2.90. The smallest absolute Gasteiger partial charge is 0.00841 e. The fourth-order valence-electron chi connectivity index (χ4n) is 0.203. The number of rotatable bonds is 2. The Balaban J connectivity index is -0.000000125. The van der Waals surface area contributed by atoms with Gasteiger partial charge in [-0.05, 0) is 14.0 Å². The van der Waals surface area contributed by atoms with Gasteiger partial charge in [0.15, 0.2) is 0 Å². The largest absolute Gasteiger partial charge is 0.450 e. The molecule has 8 heavy (non-hydrogen) atoms. The first kappa shape index (κ1) is 15.8. The SMILES string of the molecule is CN[CH-]C(C)=O.[CH3-].[Sc]. The molecule has 0 amide bonds. The average Bonchev–Trinajstić information content (AvgIpc) is 1.35. The summed E-state index contributed by atoms with van der Waals surface area (Å²) < 4.78 is 0. The van der Waals surface area contributed by atoms with Crippen LogP contribution in [-0.4, -0.2) is 12.8 Å². The van der Waals surface area contributed by atoms with Crippen LogP contribution in [0, 0.1) is 14.0 Å². The van der Waals surface area contributed by atoms with Crippen LogP contribution in [0.4, 0.5) is 0 Å². The zero-order chi connectivity index (χ0) is 4.99. The molecule has 2 nitrogen and oxygen atoms in total. The molecule has 0 heterocycles. The van der Waals surface area contributed by atoms with E-state index in [-0.39, 0.29) is 39.1 Å². The van der Waals surface area contributed by atoms with E-state index in [2.05, 4.69) is 5.32 Å². The van der Waals surface area contributed by atoms with E-state index < -0.39 is 0 Å². The van der Waals surface area contributed by atoms with Crippen LogP contribution in [0.25, 0.3) is 0 Å². The van der Waals surface area contributed by atoms with Crippen LogP contribution < -0.4 is 5.32 Å². The van der Waals surface area contributed by atoms with Crippen LogP contribution in [0.1, 0.15) is 6.92 Å². The molecule has 0 rings (SSSR count).